The number of benzene rings is 1. The van der Waals surface area contributed by atoms with E-state index in [1.54, 1.807) is 6.07 Å². The number of carbonyl (C=O) groups excluding carboxylic acids is 2. The second-order valence-electron chi connectivity index (χ2n) is 5.45. The van der Waals surface area contributed by atoms with E-state index < -0.39 is 5.91 Å². The monoisotopic (exact) mass is 387 g/mol. The molecule has 1 aromatic heterocycles. The number of nitrogens with two attached hydrogens (primary N) is 2. The number of thiophene rings is 1. The first-order valence-electron chi connectivity index (χ1n) is 7.32. The van der Waals surface area contributed by atoms with E-state index in [9.17, 15) is 9.59 Å². The smallest absolute Gasteiger partial charge is 0.252 e. The Bertz CT molecular complexity index is 833. The fourth-order valence-electron chi connectivity index (χ4n) is 2.33. The highest BCUT2D eigenvalue weighted by atomic mass is 35.5. The van der Waals surface area contributed by atoms with E-state index in [1.165, 1.54) is 11.3 Å². The molecule has 2 amide bonds. The minimum atomic E-state index is -0.657. The van der Waals surface area contributed by atoms with Gasteiger partial charge in [-0.25, -0.2) is 0 Å². The van der Waals surface area contributed by atoms with E-state index in [0.29, 0.717) is 27.4 Å². The van der Waals surface area contributed by atoms with E-state index in [1.807, 2.05) is 0 Å². The zero-order chi connectivity index (χ0) is 17.4. The zero-order valence-electron chi connectivity index (χ0n) is 12.5. The molecule has 6 nitrogen and oxygen atoms in total. The Kier molecular flexibility index (Phi) is 4.87. The normalized spacial score (nSPS) is 14.0. The molecule has 0 spiro atoms. The van der Waals surface area contributed by atoms with Gasteiger partial charge in [0.05, 0.1) is 15.3 Å². The van der Waals surface area contributed by atoms with Gasteiger partial charge in [0.15, 0.2) is 5.75 Å². The fraction of sp³-hybridized carbons (Fsp3) is 0.333. The van der Waals surface area contributed by atoms with Gasteiger partial charge < -0.3 is 21.5 Å². The van der Waals surface area contributed by atoms with Gasteiger partial charge in [-0.15, -0.1) is 11.3 Å². The van der Waals surface area contributed by atoms with Crippen molar-refractivity contribution in [2.45, 2.75) is 12.8 Å². The molecule has 1 aliphatic carbocycles. The number of anilines is 1. The van der Waals surface area contributed by atoms with E-state index >= 15 is 0 Å². The summed E-state index contributed by atoms with van der Waals surface area (Å²) in [4.78, 5) is 23.9. The van der Waals surface area contributed by atoms with E-state index in [0.717, 1.165) is 12.8 Å². The number of ether oxygens (including phenoxy) is 1. The van der Waals surface area contributed by atoms with Crippen molar-refractivity contribution in [3.05, 3.63) is 21.7 Å². The van der Waals surface area contributed by atoms with Crippen molar-refractivity contribution < 1.29 is 14.3 Å². The Morgan fingerprint density at radius 1 is 1.38 bits per heavy atom. The van der Waals surface area contributed by atoms with Gasteiger partial charge in [0.1, 0.15) is 16.6 Å². The number of amides is 2. The lowest BCUT2D eigenvalue weighted by molar-refractivity contribution is -0.117. The van der Waals surface area contributed by atoms with Gasteiger partial charge in [-0.1, -0.05) is 23.2 Å². The Morgan fingerprint density at radius 2 is 2.08 bits per heavy atom. The van der Waals surface area contributed by atoms with Crippen LogP contribution in [0, 0.1) is 5.92 Å². The van der Waals surface area contributed by atoms with Gasteiger partial charge in [-0.05, 0) is 18.9 Å². The molecule has 0 bridgehead atoms. The molecule has 1 aromatic carbocycles. The molecule has 1 aliphatic rings. The summed E-state index contributed by atoms with van der Waals surface area (Å²) in [6.07, 6.45) is 1.71. The summed E-state index contributed by atoms with van der Waals surface area (Å²) in [5.74, 6) is -0.479. The van der Waals surface area contributed by atoms with Crippen LogP contribution in [-0.4, -0.2) is 25.0 Å². The quantitative estimate of drug-likeness (QED) is 0.707. The van der Waals surface area contributed by atoms with E-state index in [2.05, 4.69) is 5.32 Å². The van der Waals surface area contributed by atoms with E-state index in [4.69, 9.17) is 39.4 Å². The zero-order valence-corrected chi connectivity index (χ0v) is 14.9. The Hall–Kier alpha value is -1.54. The van der Waals surface area contributed by atoms with Gasteiger partial charge in [-0.2, -0.15) is 0 Å². The van der Waals surface area contributed by atoms with Crippen molar-refractivity contribution in [1.82, 2.24) is 0 Å². The Labute approximate surface area is 152 Å². The molecule has 0 aliphatic heterocycles. The van der Waals surface area contributed by atoms with Crippen molar-refractivity contribution in [1.29, 1.82) is 0 Å². The molecule has 1 fully saturated rings. The van der Waals surface area contributed by atoms with Crippen molar-refractivity contribution >= 4 is 61.4 Å². The third kappa shape index (κ3) is 3.17. The first kappa shape index (κ1) is 17.3. The Morgan fingerprint density at radius 3 is 2.67 bits per heavy atom. The maximum atomic E-state index is 12.0. The molecule has 0 atom stereocenters. The molecule has 2 aromatic rings. The van der Waals surface area contributed by atoms with Crippen LogP contribution in [0.4, 0.5) is 5.00 Å². The van der Waals surface area contributed by atoms with Gasteiger partial charge in [0, 0.05) is 17.8 Å². The summed E-state index contributed by atoms with van der Waals surface area (Å²) in [6, 6.07) is 1.57. The fourth-order valence-corrected chi connectivity index (χ4v) is 4.13. The van der Waals surface area contributed by atoms with Gasteiger partial charge in [0.2, 0.25) is 5.91 Å². The van der Waals surface area contributed by atoms with Crippen molar-refractivity contribution in [2.75, 3.05) is 18.5 Å². The summed E-state index contributed by atoms with van der Waals surface area (Å²) in [5, 5.41) is 4.16. The molecule has 0 saturated heterocycles. The standard InChI is InChI=1S/C15H15Cl2N3O3S/c16-8-5-7-9(13(19)21)15(20-14(22)6-1-2-6)24-12(7)10(17)11(8)23-4-3-18/h5-6H,1-4,18H2,(H2,19,21)(H,20,22). The van der Waals surface area contributed by atoms with Crippen LogP contribution < -0.4 is 21.5 Å². The molecule has 0 radical (unpaired) electrons. The molecule has 3 rings (SSSR count). The average molecular weight is 388 g/mol. The molecule has 9 heteroatoms. The number of rotatable bonds is 6. The molecule has 1 saturated carbocycles. The molecule has 128 valence electrons. The van der Waals surface area contributed by atoms with Crippen molar-refractivity contribution in [2.24, 2.45) is 17.4 Å². The number of hydrogen-bond donors (Lipinski definition) is 3. The maximum Gasteiger partial charge on any atom is 0.252 e. The lowest BCUT2D eigenvalue weighted by Crippen LogP contribution is -2.17. The number of hydrogen-bond acceptors (Lipinski definition) is 5. The number of halogens is 2. The van der Waals surface area contributed by atoms with Crippen LogP contribution in [0.15, 0.2) is 6.07 Å². The highest BCUT2D eigenvalue weighted by Crippen LogP contribution is 2.47. The molecular formula is C15H15Cl2N3O3S. The minimum Gasteiger partial charge on any atom is -0.489 e. The summed E-state index contributed by atoms with van der Waals surface area (Å²) >= 11 is 13.8. The number of primary amides is 1. The second kappa shape index (κ2) is 6.76. The third-order valence-electron chi connectivity index (χ3n) is 3.63. The summed E-state index contributed by atoms with van der Waals surface area (Å²) < 4.78 is 6.05. The molecule has 5 N–H and O–H groups in total. The summed E-state index contributed by atoms with van der Waals surface area (Å²) in [5.41, 5.74) is 11.1. The summed E-state index contributed by atoms with van der Waals surface area (Å²) in [6.45, 7) is 0.564. The van der Waals surface area contributed by atoms with Crippen molar-refractivity contribution in [3.8, 4) is 5.75 Å². The highest BCUT2D eigenvalue weighted by Gasteiger charge is 2.31. The first-order valence-corrected chi connectivity index (χ1v) is 8.89. The third-order valence-corrected chi connectivity index (χ3v) is 5.52. The number of carbonyl (C=O) groups is 2. The van der Waals surface area contributed by atoms with Crippen LogP contribution in [-0.2, 0) is 4.79 Å². The molecular weight excluding hydrogens is 373 g/mol. The minimum absolute atomic E-state index is 0.00144. The first-order chi connectivity index (χ1) is 11.4. The second-order valence-corrected chi connectivity index (χ2v) is 7.26. The van der Waals surface area contributed by atoms with Crippen LogP contribution in [0.25, 0.3) is 10.1 Å². The highest BCUT2D eigenvalue weighted by molar-refractivity contribution is 7.24. The Balaban J connectivity index is 2.11. The SMILES string of the molecule is NCCOc1c(Cl)cc2c(C(N)=O)c(NC(=O)C3CC3)sc2c1Cl. The lowest BCUT2D eigenvalue weighted by Gasteiger charge is -2.09. The van der Waals surface area contributed by atoms with Crippen LogP contribution >= 0.6 is 34.5 Å². The topological polar surface area (TPSA) is 107 Å². The average Bonchev–Trinajstić information content (AvgIpc) is 3.30. The van der Waals surface area contributed by atoms with E-state index in [-0.39, 0.29) is 34.0 Å². The number of fused-ring (bicyclic) bond motifs is 1. The van der Waals surface area contributed by atoms with Gasteiger partial charge in [0.25, 0.3) is 5.91 Å². The lowest BCUT2D eigenvalue weighted by atomic mass is 10.1. The van der Waals surface area contributed by atoms with Crippen molar-refractivity contribution in [3.63, 3.8) is 0 Å². The predicted octanol–water partition coefficient (Wildman–Crippen LogP) is 2.99. The maximum absolute atomic E-state index is 12.0. The summed E-state index contributed by atoms with van der Waals surface area (Å²) in [7, 11) is 0. The molecule has 24 heavy (non-hydrogen) atoms. The predicted molar refractivity (Wildman–Crippen MR) is 96.3 cm³/mol. The van der Waals surface area contributed by atoms with Crippen LogP contribution in [0.3, 0.4) is 0 Å². The molecule has 1 heterocycles. The largest absolute Gasteiger partial charge is 0.489 e. The number of nitrogens with one attached hydrogen (secondary N) is 1. The molecule has 0 unspecified atom stereocenters. The van der Waals surface area contributed by atoms with Crippen LogP contribution in [0.5, 0.6) is 5.75 Å². The van der Waals surface area contributed by atoms with Gasteiger partial charge >= 0.3 is 0 Å². The van der Waals surface area contributed by atoms with Gasteiger partial charge in [-0.3, -0.25) is 9.59 Å². The van der Waals surface area contributed by atoms with Crippen LogP contribution in [0.1, 0.15) is 23.2 Å². The van der Waals surface area contributed by atoms with Crippen LogP contribution in [0.2, 0.25) is 10.0 Å².